The SMILES string of the molecule is ClC1(c2ccc(N(c3ccc(C4(Cl)c5ccccc5-c5ccccc54)cc3)c3ccc(C4(Cl)c5ccccc5-c5ccccc54)cc3)cc2)c2ccccc2-c2ccccc21. The predicted molar refractivity (Wildman–Crippen MR) is 254 cm³/mol. The number of hydrogen-bond donors (Lipinski definition) is 0. The van der Waals surface area contributed by atoms with Crippen LogP contribution in [0.15, 0.2) is 218 Å². The van der Waals surface area contributed by atoms with E-state index in [4.69, 9.17) is 34.8 Å². The molecule has 0 saturated heterocycles. The highest BCUT2D eigenvalue weighted by molar-refractivity contribution is 6.31. The number of halogens is 3. The number of hydrogen-bond acceptors (Lipinski definition) is 1. The van der Waals surface area contributed by atoms with E-state index in [1.165, 1.54) is 33.4 Å². The van der Waals surface area contributed by atoms with Gasteiger partial charge in [-0.1, -0.05) is 182 Å². The van der Waals surface area contributed by atoms with E-state index in [0.29, 0.717) is 0 Å². The molecule has 12 rings (SSSR count). The molecule has 3 aliphatic rings. The first-order valence-electron chi connectivity index (χ1n) is 20.7. The van der Waals surface area contributed by atoms with Gasteiger partial charge in [-0.3, -0.25) is 0 Å². The van der Waals surface area contributed by atoms with E-state index in [2.05, 4.69) is 223 Å². The second kappa shape index (κ2) is 13.6. The van der Waals surface area contributed by atoms with Gasteiger partial charge in [0, 0.05) is 17.1 Å². The fraction of sp³-hybridized carbons (Fsp3) is 0.0526. The Morgan fingerprint density at radius 1 is 0.230 bits per heavy atom. The molecule has 0 atom stereocenters. The van der Waals surface area contributed by atoms with Gasteiger partial charge in [-0.05, 0) is 120 Å². The van der Waals surface area contributed by atoms with Crippen molar-refractivity contribution in [3.05, 3.63) is 268 Å². The van der Waals surface area contributed by atoms with Crippen LogP contribution in [0.3, 0.4) is 0 Å². The maximum atomic E-state index is 7.81. The third-order valence-electron chi connectivity index (χ3n) is 13.2. The van der Waals surface area contributed by atoms with Crippen LogP contribution in [-0.2, 0) is 14.6 Å². The third kappa shape index (κ3) is 5.09. The monoisotopic (exact) mass is 839 g/mol. The summed E-state index contributed by atoms with van der Waals surface area (Å²) in [6.07, 6.45) is 0. The molecule has 290 valence electrons. The van der Waals surface area contributed by atoms with E-state index in [1.54, 1.807) is 0 Å². The van der Waals surface area contributed by atoms with Gasteiger partial charge in [-0.15, -0.1) is 34.8 Å². The molecule has 0 heterocycles. The Bertz CT molecular complexity index is 2710. The van der Waals surface area contributed by atoms with Crippen molar-refractivity contribution in [3.8, 4) is 33.4 Å². The van der Waals surface area contributed by atoms with Crippen LogP contribution in [0.25, 0.3) is 33.4 Å². The van der Waals surface area contributed by atoms with Crippen LogP contribution in [-0.4, -0.2) is 0 Å². The smallest absolute Gasteiger partial charge is 0.121 e. The molecule has 9 aromatic carbocycles. The molecule has 4 heteroatoms. The van der Waals surface area contributed by atoms with Crippen molar-refractivity contribution in [2.24, 2.45) is 0 Å². The summed E-state index contributed by atoms with van der Waals surface area (Å²) in [5, 5.41) is 0. The lowest BCUT2D eigenvalue weighted by Crippen LogP contribution is -2.20. The number of nitrogens with zero attached hydrogens (tertiary/aromatic N) is 1. The van der Waals surface area contributed by atoms with Crippen LogP contribution >= 0.6 is 34.8 Å². The molecule has 1 nitrogen and oxygen atoms in total. The first-order valence-corrected chi connectivity index (χ1v) is 21.8. The molecule has 3 aliphatic carbocycles. The molecule has 9 aromatic rings. The van der Waals surface area contributed by atoms with E-state index in [-0.39, 0.29) is 0 Å². The van der Waals surface area contributed by atoms with Crippen LogP contribution < -0.4 is 4.90 Å². The normalized spacial score (nSPS) is 15.2. The fourth-order valence-corrected chi connectivity index (χ4v) is 11.8. The standard InChI is InChI=1S/C57H36Cl3N/c58-55(49-19-7-1-13-43(49)44-14-2-8-20-50(44)55)37-25-31-40(32-26-37)61(41-33-27-38(28-34-41)56(59)51-21-9-3-15-45(51)46-16-4-10-22-52(46)56)42-35-29-39(30-36-42)57(60)53-23-11-5-17-47(53)48-18-6-12-24-54(48)57/h1-36H. The lowest BCUT2D eigenvalue weighted by molar-refractivity contribution is 0.909. The van der Waals surface area contributed by atoms with Gasteiger partial charge in [0.2, 0.25) is 0 Å². The Kier molecular flexibility index (Phi) is 8.12. The van der Waals surface area contributed by atoms with E-state index in [9.17, 15) is 0 Å². The molecule has 0 radical (unpaired) electrons. The second-order valence-corrected chi connectivity index (χ2v) is 17.9. The van der Waals surface area contributed by atoms with Crippen molar-refractivity contribution in [2.75, 3.05) is 4.90 Å². The van der Waals surface area contributed by atoms with Gasteiger partial charge in [0.05, 0.1) is 0 Å². The zero-order valence-electron chi connectivity index (χ0n) is 32.9. The summed E-state index contributed by atoms with van der Waals surface area (Å²) in [7, 11) is 0. The lowest BCUT2D eigenvalue weighted by Gasteiger charge is -2.30. The van der Waals surface area contributed by atoms with Gasteiger partial charge in [0.1, 0.15) is 14.6 Å². The number of anilines is 3. The molecular formula is C57H36Cl3N. The van der Waals surface area contributed by atoms with Crippen molar-refractivity contribution in [1.29, 1.82) is 0 Å². The minimum atomic E-state index is -0.815. The number of fused-ring (bicyclic) bond motifs is 9. The molecule has 0 amide bonds. The summed E-state index contributed by atoms with van der Waals surface area (Å²) < 4.78 is 0. The number of benzene rings is 9. The summed E-state index contributed by atoms with van der Waals surface area (Å²) in [5.41, 5.74) is 19.7. The Morgan fingerprint density at radius 3 is 0.607 bits per heavy atom. The van der Waals surface area contributed by atoms with Gasteiger partial charge in [-0.25, -0.2) is 0 Å². The maximum Gasteiger partial charge on any atom is 0.121 e. The van der Waals surface area contributed by atoms with Gasteiger partial charge in [-0.2, -0.15) is 0 Å². The van der Waals surface area contributed by atoms with Crippen molar-refractivity contribution >= 4 is 51.9 Å². The quantitative estimate of drug-likeness (QED) is 0.151. The van der Waals surface area contributed by atoms with Crippen LogP contribution in [0, 0.1) is 0 Å². The van der Waals surface area contributed by atoms with E-state index < -0.39 is 14.6 Å². The average molecular weight is 841 g/mol. The second-order valence-electron chi connectivity index (χ2n) is 16.2. The van der Waals surface area contributed by atoms with Gasteiger partial charge < -0.3 is 4.90 Å². The van der Waals surface area contributed by atoms with Crippen molar-refractivity contribution in [2.45, 2.75) is 14.6 Å². The third-order valence-corrected chi connectivity index (χ3v) is 15.1. The summed E-state index contributed by atoms with van der Waals surface area (Å²) in [5.74, 6) is 0. The first-order chi connectivity index (χ1) is 29.9. The molecule has 61 heavy (non-hydrogen) atoms. The molecule has 0 saturated carbocycles. The zero-order valence-corrected chi connectivity index (χ0v) is 35.1. The van der Waals surface area contributed by atoms with Crippen LogP contribution in [0.4, 0.5) is 17.1 Å². The molecule has 0 aromatic heterocycles. The largest absolute Gasteiger partial charge is 0.311 e. The van der Waals surface area contributed by atoms with E-state index >= 15 is 0 Å². The Hall–Kier alpha value is -6.35. The van der Waals surface area contributed by atoms with Crippen molar-refractivity contribution in [1.82, 2.24) is 0 Å². The first kappa shape index (κ1) is 36.5. The van der Waals surface area contributed by atoms with Gasteiger partial charge in [0.25, 0.3) is 0 Å². The average Bonchev–Trinajstić information content (AvgIpc) is 3.87. The number of alkyl halides is 3. The fourth-order valence-electron chi connectivity index (χ4n) is 10.4. The summed E-state index contributed by atoms with van der Waals surface area (Å²) in [6.45, 7) is 0. The highest BCUT2D eigenvalue weighted by atomic mass is 35.5. The minimum Gasteiger partial charge on any atom is -0.311 e. The Balaban J connectivity index is 0.978. The number of rotatable bonds is 6. The summed E-state index contributed by atoms with van der Waals surface area (Å²) >= 11 is 23.4. The maximum absolute atomic E-state index is 7.81. The molecular weight excluding hydrogens is 805 g/mol. The Morgan fingerprint density at radius 2 is 0.410 bits per heavy atom. The molecule has 0 N–H and O–H groups in total. The molecule has 0 fully saturated rings. The Labute approximate surface area is 371 Å². The molecule has 0 aliphatic heterocycles. The predicted octanol–water partition coefficient (Wildman–Crippen LogP) is 15.7. The molecule has 0 spiro atoms. The van der Waals surface area contributed by atoms with Crippen molar-refractivity contribution < 1.29 is 0 Å². The van der Waals surface area contributed by atoms with Crippen LogP contribution in [0.2, 0.25) is 0 Å². The highest BCUT2D eigenvalue weighted by Gasteiger charge is 2.45. The summed E-state index contributed by atoms with van der Waals surface area (Å²) in [4.78, 5) is -0.148. The zero-order chi connectivity index (χ0) is 40.9. The van der Waals surface area contributed by atoms with Crippen molar-refractivity contribution in [3.63, 3.8) is 0 Å². The minimum absolute atomic E-state index is 0.815. The lowest BCUT2D eigenvalue weighted by atomic mass is 9.87. The molecule has 0 bridgehead atoms. The van der Waals surface area contributed by atoms with Gasteiger partial charge >= 0.3 is 0 Å². The van der Waals surface area contributed by atoms with Gasteiger partial charge in [0.15, 0.2) is 0 Å². The van der Waals surface area contributed by atoms with E-state index in [0.717, 1.165) is 67.1 Å². The molecule has 0 unspecified atom stereocenters. The van der Waals surface area contributed by atoms with Crippen LogP contribution in [0.5, 0.6) is 0 Å². The van der Waals surface area contributed by atoms with Crippen LogP contribution in [0.1, 0.15) is 50.1 Å². The summed E-state index contributed by atoms with van der Waals surface area (Å²) in [6, 6.07) is 77.1. The highest BCUT2D eigenvalue weighted by Crippen LogP contribution is 2.58. The van der Waals surface area contributed by atoms with E-state index in [1.807, 2.05) is 0 Å². The topological polar surface area (TPSA) is 3.24 Å².